The van der Waals surface area contributed by atoms with Crippen molar-refractivity contribution in [3.05, 3.63) is 23.3 Å². The van der Waals surface area contributed by atoms with Gasteiger partial charge in [0.05, 0.1) is 14.2 Å². The molecule has 0 aromatic heterocycles. The molecule has 2 rings (SSSR count). The zero-order valence-corrected chi connectivity index (χ0v) is 12.6. The highest BCUT2D eigenvalue weighted by atomic mass is 35.5. The van der Waals surface area contributed by atoms with E-state index in [1.54, 1.807) is 14.2 Å². The summed E-state index contributed by atoms with van der Waals surface area (Å²) >= 11 is 0. The van der Waals surface area contributed by atoms with Gasteiger partial charge in [0.15, 0.2) is 11.5 Å². The van der Waals surface area contributed by atoms with Crippen LogP contribution in [0.2, 0.25) is 0 Å². The lowest BCUT2D eigenvalue weighted by molar-refractivity contribution is 0.241. The van der Waals surface area contributed by atoms with Crippen LogP contribution in [0.5, 0.6) is 11.5 Å². The summed E-state index contributed by atoms with van der Waals surface area (Å²) < 4.78 is 10.7. The summed E-state index contributed by atoms with van der Waals surface area (Å²) in [5, 5.41) is 0. The topological polar surface area (TPSA) is 47.7 Å². The van der Waals surface area contributed by atoms with E-state index >= 15 is 0 Å². The Balaban J connectivity index is 0.00000180. The third-order valence-electron chi connectivity index (χ3n) is 3.34. The average molecular weight is 287 g/mol. The van der Waals surface area contributed by atoms with Crippen molar-refractivity contribution < 1.29 is 9.47 Å². The van der Waals surface area contributed by atoms with Crippen LogP contribution in [0.25, 0.3) is 0 Å². The lowest BCUT2D eigenvalue weighted by Gasteiger charge is -2.30. The predicted molar refractivity (Wildman–Crippen MR) is 79.4 cm³/mol. The predicted octanol–water partition coefficient (Wildman–Crippen LogP) is 1.83. The number of halogens is 1. The van der Waals surface area contributed by atoms with Gasteiger partial charge in [0.2, 0.25) is 0 Å². The molecule has 0 radical (unpaired) electrons. The largest absolute Gasteiger partial charge is 0.493 e. The molecule has 1 aromatic carbocycles. The number of hydrogen-bond acceptors (Lipinski definition) is 4. The second-order valence-electron chi connectivity index (χ2n) is 4.94. The minimum absolute atomic E-state index is 0. The number of methoxy groups -OCH3 is 2. The molecule has 1 aliphatic rings. The Morgan fingerprint density at radius 1 is 1.21 bits per heavy atom. The van der Waals surface area contributed by atoms with Gasteiger partial charge in [-0.2, -0.15) is 0 Å². The standard InChI is InChI=1S/C14H22N2O2.ClH/c1-10(15)8-16-5-4-11-6-13(17-2)14(18-3)7-12(11)9-16;/h6-7,10H,4-5,8-9,15H2,1-3H3;1H. The molecule has 0 bridgehead atoms. The molecule has 1 atom stereocenters. The molecule has 19 heavy (non-hydrogen) atoms. The SMILES string of the molecule is COc1cc2c(cc1OC)CN(CC(C)N)CC2.Cl. The van der Waals surface area contributed by atoms with Crippen molar-refractivity contribution in [3.8, 4) is 11.5 Å². The summed E-state index contributed by atoms with van der Waals surface area (Å²) in [6, 6.07) is 4.39. The van der Waals surface area contributed by atoms with Crippen LogP contribution in [-0.4, -0.2) is 38.3 Å². The smallest absolute Gasteiger partial charge is 0.161 e. The average Bonchev–Trinajstić information content (AvgIpc) is 2.36. The van der Waals surface area contributed by atoms with E-state index in [0.29, 0.717) is 0 Å². The Morgan fingerprint density at radius 2 is 1.79 bits per heavy atom. The molecule has 0 fully saturated rings. The molecule has 1 aromatic rings. The van der Waals surface area contributed by atoms with Crippen LogP contribution in [0.4, 0.5) is 0 Å². The van der Waals surface area contributed by atoms with E-state index in [0.717, 1.165) is 37.6 Å². The van der Waals surface area contributed by atoms with Gasteiger partial charge in [-0.05, 0) is 36.6 Å². The Kier molecular flexibility index (Phi) is 5.91. The maximum absolute atomic E-state index is 5.86. The summed E-state index contributed by atoms with van der Waals surface area (Å²) in [5.74, 6) is 1.62. The lowest BCUT2D eigenvalue weighted by Crippen LogP contribution is -2.38. The third-order valence-corrected chi connectivity index (χ3v) is 3.34. The van der Waals surface area contributed by atoms with Crippen LogP contribution in [0.3, 0.4) is 0 Å². The van der Waals surface area contributed by atoms with Crippen LogP contribution >= 0.6 is 12.4 Å². The van der Waals surface area contributed by atoms with Gasteiger partial charge in [-0.25, -0.2) is 0 Å². The molecule has 1 unspecified atom stereocenters. The summed E-state index contributed by atoms with van der Waals surface area (Å²) in [6.45, 7) is 4.99. The van der Waals surface area contributed by atoms with Gasteiger partial charge in [-0.3, -0.25) is 4.90 Å². The molecular formula is C14H23ClN2O2. The molecule has 1 heterocycles. The Bertz CT molecular complexity index is 424. The van der Waals surface area contributed by atoms with Crippen LogP contribution in [0, 0.1) is 0 Å². The Morgan fingerprint density at radius 3 is 2.32 bits per heavy atom. The highest BCUT2D eigenvalue weighted by molar-refractivity contribution is 5.85. The van der Waals surface area contributed by atoms with Crippen LogP contribution in [-0.2, 0) is 13.0 Å². The molecule has 0 saturated heterocycles. The number of nitrogens with two attached hydrogens (primary N) is 1. The quantitative estimate of drug-likeness (QED) is 0.917. The maximum Gasteiger partial charge on any atom is 0.161 e. The van der Waals surface area contributed by atoms with E-state index < -0.39 is 0 Å². The first-order valence-electron chi connectivity index (χ1n) is 6.35. The number of fused-ring (bicyclic) bond motifs is 1. The minimum Gasteiger partial charge on any atom is -0.493 e. The summed E-state index contributed by atoms with van der Waals surface area (Å²) in [7, 11) is 3.35. The van der Waals surface area contributed by atoms with Gasteiger partial charge in [0.1, 0.15) is 0 Å². The minimum atomic E-state index is 0. The molecule has 0 amide bonds. The lowest BCUT2D eigenvalue weighted by atomic mass is 9.98. The summed E-state index contributed by atoms with van der Waals surface area (Å²) in [6.07, 6.45) is 1.04. The Hall–Kier alpha value is -0.970. The van der Waals surface area contributed by atoms with E-state index in [9.17, 15) is 0 Å². The van der Waals surface area contributed by atoms with Crippen molar-refractivity contribution in [3.63, 3.8) is 0 Å². The van der Waals surface area contributed by atoms with Gasteiger partial charge in [0, 0.05) is 25.7 Å². The van der Waals surface area contributed by atoms with Gasteiger partial charge < -0.3 is 15.2 Å². The zero-order valence-electron chi connectivity index (χ0n) is 11.8. The van der Waals surface area contributed by atoms with Gasteiger partial charge >= 0.3 is 0 Å². The first kappa shape index (κ1) is 16.1. The van der Waals surface area contributed by atoms with Gasteiger partial charge in [0.25, 0.3) is 0 Å². The number of rotatable bonds is 4. The number of ether oxygens (including phenoxy) is 2. The van der Waals surface area contributed by atoms with Crippen molar-refractivity contribution in [2.24, 2.45) is 5.73 Å². The van der Waals surface area contributed by atoms with Crippen LogP contribution in [0.1, 0.15) is 18.1 Å². The zero-order chi connectivity index (χ0) is 13.1. The summed E-state index contributed by atoms with van der Waals surface area (Å²) in [4.78, 5) is 2.39. The second-order valence-corrected chi connectivity index (χ2v) is 4.94. The fourth-order valence-electron chi connectivity index (χ4n) is 2.50. The maximum atomic E-state index is 5.86. The molecule has 0 saturated carbocycles. The van der Waals surface area contributed by atoms with E-state index in [4.69, 9.17) is 15.2 Å². The molecule has 1 aliphatic heterocycles. The van der Waals surface area contributed by atoms with Crippen molar-refractivity contribution in [2.45, 2.75) is 25.9 Å². The van der Waals surface area contributed by atoms with E-state index in [1.807, 2.05) is 6.92 Å². The Labute approximate surface area is 121 Å². The van der Waals surface area contributed by atoms with E-state index in [1.165, 1.54) is 11.1 Å². The summed E-state index contributed by atoms with van der Waals surface area (Å²) in [5.41, 5.74) is 8.53. The highest BCUT2D eigenvalue weighted by Crippen LogP contribution is 2.33. The fourth-order valence-corrected chi connectivity index (χ4v) is 2.50. The van der Waals surface area contributed by atoms with Crippen molar-refractivity contribution >= 4 is 12.4 Å². The van der Waals surface area contributed by atoms with Gasteiger partial charge in [-0.1, -0.05) is 0 Å². The molecule has 108 valence electrons. The third kappa shape index (κ3) is 3.75. The van der Waals surface area contributed by atoms with E-state index in [2.05, 4.69) is 17.0 Å². The van der Waals surface area contributed by atoms with E-state index in [-0.39, 0.29) is 18.4 Å². The molecule has 4 nitrogen and oxygen atoms in total. The van der Waals surface area contributed by atoms with Crippen molar-refractivity contribution in [1.82, 2.24) is 4.90 Å². The number of benzene rings is 1. The molecule has 0 spiro atoms. The first-order chi connectivity index (χ1) is 8.63. The highest BCUT2D eigenvalue weighted by Gasteiger charge is 2.19. The van der Waals surface area contributed by atoms with Crippen molar-refractivity contribution in [2.75, 3.05) is 27.3 Å². The second kappa shape index (κ2) is 6.98. The fraction of sp³-hybridized carbons (Fsp3) is 0.571. The normalized spacial score (nSPS) is 16.2. The molecule has 0 aliphatic carbocycles. The molecular weight excluding hydrogens is 264 g/mol. The first-order valence-corrected chi connectivity index (χ1v) is 6.35. The van der Waals surface area contributed by atoms with Crippen molar-refractivity contribution in [1.29, 1.82) is 0 Å². The van der Waals surface area contributed by atoms with Crippen LogP contribution in [0.15, 0.2) is 12.1 Å². The monoisotopic (exact) mass is 286 g/mol. The molecule has 2 N–H and O–H groups in total. The van der Waals surface area contributed by atoms with Crippen LogP contribution < -0.4 is 15.2 Å². The number of nitrogens with zero attached hydrogens (tertiary/aromatic N) is 1. The van der Waals surface area contributed by atoms with Gasteiger partial charge in [-0.15, -0.1) is 12.4 Å². The molecule has 5 heteroatoms. The number of hydrogen-bond donors (Lipinski definition) is 1.